The van der Waals surface area contributed by atoms with Crippen LogP contribution in [0.15, 0.2) is 71.3 Å². The number of alkyl halides is 3. The van der Waals surface area contributed by atoms with Crippen molar-refractivity contribution < 1.29 is 22.3 Å². The average molecular weight is 426 g/mol. The van der Waals surface area contributed by atoms with E-state index in [4.69, 9.17) is 9.15 Å². The molecular weight excluding hydrogens is 405 g/mol. The molecule has 4 aromatic rings. The second kappa shape index (κ2) is 8.81. The van der Waals surface area contributed by atoms with Gasteiger partial charge in [-0.2, -0.15) is 13.2 Å². The molecule has 0 unspecified atom stereocenters. The number of nitrogens with zero attached hydrogens (tertiary/aromatic N) is 1. The fourth-order valence-electron chi connectivity index (χ4n) is 3.45. The quantitative estimate of drug-likeness (QED) is 0.376. The minimum atomic E-state index is -4.41. The van der Waals surface area contributed by atoms with Crippen molar-refractivity contribution in [2.75, 3.05) is 13.7 Å². The Bertz CT molecular complexity index is 1170. The first-order chi connectivity index (χ1) is 15.0. The molecule has 4 rings (SSSR count). The second-order valence-electron chi connectivity index (χ2n) is 7.11. The van der Waals surface area contributed by atoms with Gasteiger partial charge < -0.3 is 14.5 Å². The molecule has 31 heavy (non-hydrogen) atoms. The zero-order chi connectivity index (χ0) is 21.8. The molecule has 0 aliphatic rings. The first kappa shape index (κ1) is 20.9. The predicted octanol–water partition coefficient (Wildman–Crippen LogP) is 5.85. The predicted molar refractivity (Wildman–Crippen MR) is 113 cm³/mol. The first-order valence-electron chi connectivity index (χ1n) is 9.83. The van der Waals surface area contributed by atoms with Gasteiger partial charge in [0.25, 0.3) is 0 Å². The molecule has 160 valence electrons. The number of methoxy groups -OCH3 is 1. The summed E-state index contributed by atoms with van der Waals surface area (Å²) < 4.78 is 50.6. The summed E-state index contributed by atoms with van der Waals surface area (Å²) in [6.45, 7) is 1.32. The van der Waals surface area contributed by atoms with Crippen molar-refractivity contribution in [1.82, 2.24) is 10.3 Å². The molecule has 0 bridgehead atoms. The number of fused-ring (bicyclic) bond motifs is 1. The maximum atomic E-state index is 13.1. The van der Waals surface area contributed by atoms with Crippen molar-refractivity contribution in [3.05, 3.63) is 83.7 Å². The molecule has 2 aromatic carbocycles. The van der Waals surface area contributed by atoms with E-state index in [1.54, 1.807) is 24.4 Å². The van der Waals surface area contributed by atoms with Gasteiger partial charge in [0.15, 0.2) is 11.3 Å². The molecule has 2 aromatic heterocycles. The van der Waals surface area contributed by atoms with E-state index >= 15 is 0 Å². The number of rotatable bonds is 7. The first-order valence-corrected chi connectivity index (χ1v) is 9.83. The lowest BCUT2D eigenvalue weighted by Gasteiger charge is -2.08. The van der Waals surface area contributed by atoms with Crippen LogP contribution in [0, 0.1) is 0 Å². The number of ether oxygens (including phenoxy) is 1. The molecule has 0 atom stereocenters. The highest BCUT2D eigenvalue weighted by Gasteiger charge is 2.30. The summed E-state index contributed by atoms with van der Waals surface area (Å²) in [5.74, 6) is 0.894. The summed E-state index contributed by atoms with van der Waals surface area (Å²) in [5, 5.41) is 4.19. The van der Waals surface area contributed by atoms with Gasteiger partial charge >= 0.3 is 6.18 Å². The van der Waals surface area contributed by atoms with E-state index < -0.39 is 11.7 Å². The van der Waals surface area contributed by atoms with Crippen molar-refractivity contribution >= 4 is 11.0 Å². The van der Waals surface area contributed by atoms with Crippen LogP contribution in [0.25, 0.3) is 22.3 Å². The molecule has 7 heteroatoms. The Balaban J connectivity index is 1.59. The van der Waals surface area contributed by atoms with E-state index in [9.17, 15) is 13.2 Å². The Hall–Kier alpha value is -3.32. The minimum Gasteiger partial charge on any atom is -0.493 e. The zero-order valence-electron chi connectivity index (χ0n) is 16.9. The van der Waals surface area contributed by atoms with Gasteiger partial charge in [0.05, 0.1) is 12.7 Å². The van der Waals surface area contributed by atoms with Crippen LogP contribution in [0.3, 0.4) is 0 Å². The van der Waals surface area contributed by atoms with Gasteiger partial charge in [-0.25, -0.2) is 0 Å². The molecule has 0 saturated heterocycles. The molecule has 0 fully saturated rings. The van der Waals surface area contributed by atoms with E-state index in [1.807, 2.05) is 24.3 Å². The van der Waals surface area contributed by atoms with E-state index in [1.165, 1.54) is 13.2 Å². The lowest BCUT2D eigenvalue weighted by molar-refractivity contribution is -0.137. The van der Waals surface area contributed by atoms with Gasteiger partial charge in [-0.15, -0.1) is 0 Å². The summed E-state index contributed by atoms with van der Waals surface area (Å²) in [7, 11) is 1.53. The monoisotopic (exact) mass is 426 g/mol. The van der Waals surface area contributed by atoms with Crippen LogP contribution in [0.4, 0.5) is 13.2 Å². The van der Waals surface area contributed by atoms with Gasteiger partial charge in [0.1, 0.15) is 5.76 Å². The molecule has 0 amide bonds. The molecule has 2 heterocycles. The fourth-order valence-corrected chi connectivity index (χ4v) is 3.45. The Morgan fingerprint density at radius 1 is 1.03 bits per heavy atom. The van der Waals surface area contributed by atoms with Crippen molar-refractivity contribution in [1.29, 1.82) is 0 Å². The minimum absolute atomic E-state index is 0.361. The van der Waals surface area contributed by atoms with Crippen molar-refractivity contribution in [2.24, 2.45) is 0 Å². The zero-order valence-corrected chi connectivity index (χ0v) is 16.9. The third kappa shape index (κ3) is 4.72. The molecule has 0 aliphatic heterocycles. The number of benzene rings is 2. The number of halogens is 3. The van der Waals surface area contributed by atoms with E-state index in [0.717, 1.165) is 41.7 Å². The summed E-state index contributed by atoms with van der Waals surface area (Å²) in [6, 6.07) is 16.4. The van der Waals surface area contributed by atoms with Crippen molar-refractivity contribution in [3.8, 4) is 17.1 Å². The molecule has 1 N–H and O–H groups in total. The van der Waals surface area contributed by atoms with E-state index in [0.29, 0.717) is 29.2 Å². The van der Waals surface area contributed by atoms with Crippen LogP contribution >= 0.6 is 0 Å². The van der Waals surface area contributed by atoms with Crippen molar-refractivity contribution in [2.45, 2.75) is 19.1 Å². The van der Waals surface area contributed by atoms with E-state index in [2.05, 4.69) is 10.3 Å². The normalized spacial score (nSPS) is 11.7. The Kier molecular flexibility index (Phi) is 5.95. The standard InChI is InChI=1S/C24H21F3N2O2/c1-30-21-9-8-17(15-28-12-10-19-7-2-3-11-29-19)20-14-22(31-23(20)21)16-5-4-6-18(13-16)24(25,26)27/h2-9,11,13-14,28H,10,12,15H2,1H3. The molecule has 4 nitrogen and oxygen atoms in total. The van der Waals surface area contributed by atoms with Crippen molar-refractivity contribution in [3.63, 3.8) is 0 Å². The van der Waals surface area contributed by atoms with Crippen LogP contribution in [-0.4, -0.2) is 18.6 Å². The largest absolute Gasteiger partial charge is 0.493 e. The number of furan rings is 1. The third-order valence-electron chi connectivity index (χ3n) is 5.03. The topological polar surface area (TPSA) is 47.3 Å². The molecule has 0 spiro atoms. The van der Waals surface area contributed by atoms with Gasteiger partial charge in [0, 0.05) is 42.4 Å². The average Bonchev–Trinajstić information content (AvgIpc) is 3.23. The lowest BCUT2D eigenvalue weighted by atomic mass is 10.1. The number of hydrogen-bond acceptors (Lipinski definition) is 4. The Morgan fingerprint density at radius 2 is 1.90 bits per heavy atom. The summed E-state index contributed by atoms with van der Waals surface area (Å²) in [4.78, 5) is 4.31. The highest BCUT2D eigenvalue weighted by atomic mass is 19.4. The fraction of sp³-hybridized carbons (Fsp3) is 0.208. The highest BCUT2D eigenvalue weighted by molar-refractivity contribution is 5.90. The number of pyridine rings is 1. The Labute approximate surface area is 177 Å². The third-order valence-corrected chi connectivity index (χ3v) is 5.03. The summed E-state index contributed by atoms with van der Waals surface area (Å²) in [6.07, 6.45) is -1.85. The number of nitrogens with one attached hydrogen (secondary N) is 1. The van der Waals surface area contributed by atoms with Gasteiger partial charge in [0.2, 0.25) is 0 Å². The van der Waals surface area contributed by atoms with E-state index in [-0.39, 0.29) is 0 Å². The smallest absolute Gasteiger partial charge is 0.416 e. The van der Waals surface area contributed by atoms with Crippen LogP contribution in [-0.2, 0) is 19.1 Å². The van der Waals surface area contributed by atoms with Crippen LogP contribution in [0.5, 0.6) is 5.75 Å². The summed E-state index contributed by atoms with van der Waals surface area (Å²) in [5.41, 5.74) is 2.14. The van der Waals surface area contributed by atoms with Gasteiger partial charge in [-0.05, 0) is 42.0 Å². The molecule has 0 saturated carbocycles. The lowest BCUT2D eigenvalue weighted by Crippen LogP contribution is -2.17. The Morgan fingerprint density at radius 3 is 2.65 bits per heavy atom. The second-order valence-corrected chi connectivity index (χ2v) is 7.11. The molecule has 0 radical (unpaired) electrons. The highest BCUT2D eigenvalue weighted by Crippen LogP contribution is 2.37. The van der Waals surface area contributed by atoms with Gasteiger partial charge in [-0.1, -0.05) is 24.3 Å². The van der Waals surface area contributed by atoms with Crippen LogP contribution in [0.2, 0.25) is 0 Å². The van der Waals surface area contributed by atoms with Crippen LogP contribution in [0.1, 0.15) is 16.8 Å². The number of aromatic nitrogens is 1. The SMILES string of the molecule is COc1ccc(CNCCc2ccccn2)c2cc(-c3cccc(C(F)(F)F)c3)oc12. The number of hydrogen-bond donors (Lipinski definition) is 1. The molecular formula is C24H21F3N2O2. The van der Waals surface area contributed by atoms with Crippen LogP contribution < -0.4 is 10.1 Å². The maximum absolute atomic E-state index is 13.1. The molecule has 0 aliphatic carbocycles. The summed E-state index contributed by atoms with van der Waals surface area (Å²) >= 11 is 0. The maximum Gasteiger partial charge on any atom is 0.416 e. The van der Waals surface area contributed by atoms with Gasteiger partial charge in [-0.3, -0.25) is 4.98 Å².